The first kappa shape index (κ1) is 24.9. The highest BCUT2D eigenvalue weighted by Crippen LogP contribution is 2.31. The Labute approximate surface area is 207 Å². The highest BCUT2D eigenvalue weighted by molar-refractivity contribution is 5.92. The third-order valence-electron chi connectivity index (χ3n) is 6.62. The zero-order valence-electron chi connectivity index (χ0n) is 20.2. The summed E-state index contributed by atoms with van der Waals surface area (Å²) >= 11 is 0. The second-order valence-corrected chi connectivity index (χ2v) is 9.41. The second kappa shape index (κ2) is 12.0. The quantitative estimate of drug-likeness (QED) is 0.364. The molecule has 0 amide bonds. The van der Waals surface area contributed by atoms with Gasteiger partial charge in [-0.05, 0) is 73.9 Å². The van der Waals surface area contributed by atoms with Crippen LogP contribution in [0.1, 0.15) is 66.6 Å². The fourth-order valence-electron chi connectivity index (χ4n) is 4.60. The van der Waals surface area contributed by atoms with E-state index in [0.717, 1.165) is 48.8 Å². The minimum Gasteiger partial charge on any atom is -0.490 e. The molecule has 1 aliphatic carbocycles. The van der Waals surface area contributed by atoms with Crippen molar-refractivity contribution in [2.24, 2.45) is 0 Å². The topological polar surface area (TPSA) is 91.7 Å². The van der Waals surface area contributed by atoms with Crippen LogP contribution in [0.4, 0.5) is 0 Å². The van der Waals surface area contributed by atoms with Gasteiger partial charge in [0, 0.05) is 30.5 Å². The standard InChI is InChI=1S/C29H34N2O4/c1-20(31-19-27(32)24-6-5-15-30-18-24)16-21-9-11-22(12-10-21)23-13-14-26(29(33)34)28(17-23)35-25-7-3-2-4-8-25/h5-6,9-15,17-18,20,25,27,31-32H,2-4,7-8,16,19H2,1H3,(H,33,34)/t20-,27+/m1/s1. The van der Waals surface area contributed by atoms with E-state index in [4.69, 9.17) is 4.74 Å². The molecular weight excluding hydrogens is 440 g/mol. The maximum absolute atomic E-state index is 11.7. The van der Waals surface area contributed by atoms with Crippen LogP contribution in [-0.2, 0) is 6.42 Å². The number of carboxylic acid groups (broad SMARTS) is 1. The Morgan fingerprint density at radius 2 is 1.83 bits per heavy atom. The molecule has 2 atom stereocenters. The van der Waals surface area contributed by atoms with E-state index >= 15 is 0 Å². The van der Waals surface area contributed by atoms with Gasteiger partial charge in [-0.3, -0.25) is 4.98 Å². The van der Waals surface area contributed by atoms with Gasteiger partial charge in [-0.1, -0.05) is 42.8 Å². The van der Waals surface area contributed by atoms with Crippen molar-refractivity contribution >= 4 is 5.97 Å². The molecule has 6 nitrogen and oxygen atoms in total. The molecule has 184 valence electrons. The summed E-state index contributed by atoms with van der Waals surface area (Å²) < 4.78 is 6.15. The van der Waals surface area contributed by atoms with E-state index in [1.54, 1.807) is 18.5 Å². The number of benzene rings is 2. The molecular formula is C29H34N2O4. The van der Waals surface area contributed by atoms with Gasteiger partial charge in [0.25, 0.3) is 0 Å². The van der Waals surface area contributed by atoms with Crippen molar-refractivity contribution in [2.45, 2.75) is 63.7 Å². The summed E-state index contributed by atoms with van der Waals surface area (Å²) in [6.45, 7) is 2.56. The van der Waals surface area contributed by atoms with Gasteiger partial charge in [0.15, 0.2) is 0 Å². The van der Waals surface area contributed by atoms with Crippen molar-refractivity contribution in [3.63, 3.8) is 0 Å². The second-order valence-electron chi connectivity index (χ2n) is 9.41. The summed E-state index contributed by atoms with van der Waals surface area (Å²) in [5.74, 6) is -0.510. The predicted molar refractivity (Wildman–Crippen MR) is 137 cm³/mol. The third kappa shape index (κ3) is 6.90. The first-order valence-corrected chi connectivity index (χ1v) is 12.4. The summed E-state index contributed by atoms with van der Waals surface area (Å²) in [5.41, 5.74) is 4.16. The smallest absolute Gasteiger partial charge is 0.339 e. The van der Waals surface area contributed by atoms with Crippen molar-refractivity contribution in [1.29, 1.82) is 0 Å². The van der Waals surface area contributed by atoms with Gasteiger partial charge in [0.1, 0.15) is 11.3 Å². The van der Waals surface area contributed by atoms with Crippen LogP contribution in [0.2, 0.25) is 0 Å². The Kier molecular flexibility index (Phi) is 8.50. The molecule has 0 unspecified atom stereocenters. The zero-order chi connectivity index (χ0) is 24.6. The minimum absolute atomic E-state index is 0.0881. The van der Waals surface area contributed by atoms with Gasteiger partial charge in [0.2, 0.25) is 0 Å². The molecule has 1 heterocycles. The number of ether oxygens (including phenoxy) is 1. The fourth-order valence-corrected chi connectivity index (χ4v) is 4.60. The lowest BCUT2D eigenvalue weighted by molar-refractivity contribution is 0.0686. The van der Waals surface area contributed by atoms with E-state index in [9.17, 15) is 15.0 Å². The van der Waals surface area contributed by atoms with Crippen LogP contribution >= 0.6 is 0 Å². The Balaban J connectivity index is 1.38. The Bertz CT molecular complexity index is 1100. The highest BCUT2D eigenvalue weighted by Gasteiger charge is 2.19. The van der Waals surface area contributed by atoms with Gasteiger partial charge in [-0.15, -0.1) is 0 Å². The monoisotopic (exact) mass is 474 g/mol. The number of rotatable bonds is 10. The summed E-state index contributed by atoms with van der Waals surface area (Å²) in [6, 6.07) is 17.5. The molecule has 0 radical (unpaired) electrons. The number of hydrogen-bond donors (Lipinski definition) is 3. The molecule has 0 aliphatic heterocycles. The van der Waals surface area contributed by atoms with Crippen LogP contribution in [-0.4, -0.2) is 39.9 Å². The number of carboxylic acids is 1. The molecule has 4 rings (SSSR count). The van der Waals surface area contributed by atoms with Gasteiger partial charge in [-0.25, -0.2) is 4.79 Å². The van der Waals surface area contributed by atoms with Gasteiger partial charge in [0.05, 0.1) is 12.2 Å². The molecule has 1 aromatic heterocycles. The Morgan fingerprint density at radius 1 is 1.09 bits per heavy atom. The van der Waals surface area contributed by atoms with E-state index in [-0.39, 0.29) is 17.7 Å². The molecule has 3 aromatic rings. The Hall–Kier alpha value is -3.22. The number of hydrogen-bond acceptors (Lipinski definition) is 5. The fraction of sp³-hybridized carbons (Fsp3) is 0.379. The highest BCUT2D eigenvalue weighted by atomic mass is 16.5. The molecule has 6 heteroatoms. The lowest BCUT2D eigenvalue weighted by Gasteiger charge is -2.24. The van der Waals surface area contributed by atoms with Gasteiger partial charge in [-0.2, -0.15) is 0 Å². The number of carbonyl (C=O) groups is 1. The van der Waals surface area contributed by atoms with E-state index in [2.05, 4.69) is 41.5 Å². The molecule has 0 bridgehead atoms. The number of aromatic nitrogens is 1. The lowest BCUT2D eigenvalue weighted by atomic mass is 9.97. The summed E-state index contributed by atoms with van der Waals surface area (Å²) in [7, 11) is 0. The molecule has 0 saturated heterocycles. The largest absolute Gasteiger partial charge is 0.490 e. The number of nitrogens with zero attached hydrogens (tertiary/aromatic N) is 1. The SMILES string of the molecule is C[C@H](Cc1ccc(-c2ccc(C(=O)O)c(OC3CCCCC3)c2)cc1)NC[C@H](O)c1cccnc1. The van der Waals surface area contributed by atoms with Gasteiger partial charge >= 0.3 is 5.97 Å². The van der Waals surface area contributed by atoms with Crippen LogP contribution in [0, 0.1) is 0 Å². The van der Waals surface area contributed by atoms with E-state index in [1.807, 2.05) is 24.3 Å². The van der Waals surface area contributed by atoms with Crippen LogP contribution < -0.4 is 10.1 Å². The number of aromatic carboxylic acids is 1. The normalized spacial score (nSPS) is 15.9. The Morgan fingerprint density at radius 3 is 2.51 bits per heavy atom. The van der Waals surface area contributed by atoms with Gasteiger partial charge < -0.3 is 20.3 Å². The minimum atomic E-state index is -0.965. The molecule has 3 N–H and O–H groups in total. The average Bonchev–Trinajstić information content (AvgIpc) is 2.88. The molecule has 1 aliphatic rings. The number of pyridine rings is 1. The number of aliphatic hydroxyl groups is 1. The number of aliphatic hydroxyl groups excluding tert-OH is 1. The summed E-state index contributed by atoms with van der Waals surface area (Å²) in [5, 5.41) is 23.3. The predicted octanol–water partition coefficient (Wildman–Crippen LogP) is 5.41. The third-order valence-corrected chi connectivity index (χ3v) is 6.62. The van der Waals surface area contributed by atoms with Crippen molar-refractivity contribution in [2.75, 3.05) is 6.54 Å². The number of nitrogens with one attached hydrogen (secondary N) is 1. The maximum atomic E-state index is 11.7. The van der Waals surface area contributed by atoms with Crippen molar-refractivity contribution < 1.29 is 19.7 Å². The van der Waals surface area contributed by atoms with E-state index in [0.29, 0.717) is 12.3 Å². The first-order chi connectivity index (χ1) is 17.0. The van der Waals surface area contributed by atoms with Crippen LogP contribution in [0.3, 0.4) is 0 Å². The maximum Gasteiger partial charge on any atom is 0.339 e. The average molecular weight is 475 g/mol. The molecule has 2 aromatic carbocycles. The summed E-state index contributed by atoms with van der Waals surface area (Å²) in [6.07, 6.45) is 9.13. The lowest BCUT2D eigenvalue weighted by Crippen LogP contribution is -2.32. The van der Waals surface area contributed by atoms with E-state index < -0.39 is 12.1 Å². The zero-order valence-corrected chi connectivity index (χ0v) is 20.2. The van der Waals surface area contributed by atoms with Crippen molar-refractivity contribution in [3.05, 3.63) is 83.7 Å². The van der Waals surface area contributed by atoms with Crippen LogP contribution in [0.25, 0.3) is 11.1 Å². The van der Waals surface area contributed by atoms with Crippen LogP contribution in [0.5, 0.6) is 5.75 Å². The van der Waals surface area contributed by atoms with Crippen molar-refractivity contribution in [1.82, 2.24) is 10.3 Å². The first-order valence-electron chi connectivity index (χ1n) is 12.4. The molecule has 35 heavy (non-hydrogen) atoms. The summed E-state index contributed by atoms with van der Waals surface area (Å²) in [4.78, 5) is 15.8. The molecule has 1 saturated carbocycles. The van der Waals surface area contributed by atoms with Crippen LogP contribution in [0.15, 0.2) is 67.0 Å². The molecule has 0 spiro atoms. The van der Waals surface area contributed by atoms with E-state index in [1.165, 1.54) is 12.0 Å². The molecule has 1 fully saturated rings. The van der Waals surface area contributed by atoms with Crippen molar-refractivity contribution in [3.8, 4) is 16.9 Å².